The van der Waals surface area contributed by atoms with E-state index in [9.17, 15) is 0 Å². The van der Waals surface area contributed by atoms with Gasteiger partial charge in [-0.1, -0.05) is 30.4 Å². The minimum atomic E-state index is 0.356. The van der Waals surface area contributed by atoms with Crippen LogP contribution in [-0.4, -0.2) is 0 Å². The SMILES string of the molecule is C=CC(C=CC)C(=C)C. The third-order valence-electron chi connectivity index (χ3n) is 1.22. The molecule has 1 unspecified atom stereocenters. The van der Waals surface area contributed by atoms with Gasteiger partial charge in [0.15, 0.2) is 0 Å². The van der Waals surface area contributed by atoms with Crippen LogP contribution in [0.4, 0.5) is 0 Å². The lowest BCUT2D eigenvalue weighted by molar-refractivity contribution is 0.975. The third-order valence-corrected chi connectivity index (χ3v) is 1.22. The second-order valence-corrected chi connectivity index (χ2v) is 2.13. The van der Waals surface area contributed by atoms with Crippen LogP contribution in [0.1, 0.15) is 13.8 Å². The molecule has 0 amide bonds. The predicted molar refractivity (Wildman–Crippen MR) is 43.3 cm³/mol. The molecule has 0 fully saturated rings. The van der Waals surface area contributed by atoms with Crippen LogP contribution in [0, 0.1) is 5.92 Å². The van der Waals surface area contributed by atoms with Crippen molar-refractivity contribution in [2.45, 2.75) is 13.8 Å². The van der Waals surface area contributed by atoms with E-state index < -0.39 is 0 Å². The summed E-state index contributed by atoms with van der Waals surface area (Å²) in [6, 6.07) is 0. The first-order chi connectivity index (χ1) is 4.22. The number of hydrogen-bond donors (Lipinski definition) is 0. The van der Waals surface area contributed by atoms with E-state index >= 15 is 0 Å². The van der Waals surface area contributed by atoms with Gasteiger partial charge in [-0.2, -0.15) is 0 Å². The lowest BCUT2D eigenvalue weighted by Crippen LogP contribution is -1.89. The first-order valence-electron chi connectivity index (χ1n) is 3.13. The molecule has 0 spiro atoms. The van der Waals surface area contributed by atoms with E-state index in [4.69, 9.17) is 0 Å². The van der Waals surface area contributed by atoms with Gasteiger partial charge in [0.05, 0.1) is 0 Å². The summed E-state index contributed by atoms with van der Waals surface area (Å²) in [7, 11) is 0. The van der Waals surface area contributed by atoms with Gasteiger partial charge in [-0.25, -0.2) is 0 Å². The number of allylic oxidation sites excluding steroid dienone is 4. The molecule has 1 atom stereocenters. The van der Waals surface area contributed by atoms with Crippen LogP contribution in [0.3, 0.4) is 0 Å². The summed E-state index contributed by atoms with van der Waals surface area (Å²) in [6.45, 7) is 11.5. The number of rotatable bonds is 3. The summed E-state index contributed by atoms with van der Waals surface area (Å²) >= 11 is 0. The van der Waals surface area contributed by atoms with Gasteiger partial charge < -0.3 is 0 Å². The zero-order valence-corrected chi connectivity index (χ0v) is 6.22. The summed E-state index contributed by atoms with van der Waals surface area (Å²) in [4.78, 5) is 0. The molecule has 0 aromatic heterocycles. The summed E-state index contributed by atoms with van der Waals surface area (Å²) in [5, 5.41) is 0. The Hall–Kier alpha value is -0.780. The molecule has 0 saturated carbocycles. The molecule has 0 heterocycles. The minimum Gasteiger partial charge on any atom is -0.102 e. The van der Waals surface area contributed by atoms with E-state index in [1.165, 1.54) is 0 Å². The van der Waals surface area contributed by atoms with E-state index in [2.05, 4.69) is 19.2 Å². The molecule has 0 saturated heterocycles. The molecule has 0 aromatic rings. The molecule has 0 N–H and O–H groups in total. The molecule has 0 bridgehead atoms. The van der Waals surface area contributed by atoms with Gasteiger partial charge in [-0.15, -0.1) is 6.58 Å². The van der Waals surface area contributed by atoms with Crippen molar-refractivity contribution in [1.29, 1.82) is 0 Å². The third kappa shape index (κ3) is 2.91. The maximum atomic E-state index is 3.82. The number of hydrogen-bond acceptors (Lipinski definition) is 0. The fourth-order valence-corrected chi connectivity index (χ4v) is 0.651. The van der Waals surface area contributed by atoms with E-state index in [1.807, 2.05) is 26.0 Å². The molecule has 0 aromatic carbocycles. The summed E-state index contributed by atoms with van der Waals surface area (Å²) < 4.78 is 0. The molecular formula is C9H14. The Morgan fingerprint density at radius 2 is 2.11 bits per heavy atom. The Labute approximate surface area is 57.6 Å². The predicted octanol–water partition coefficient (Wildman–Crippen LogP) is 2.94. The quantitative estimate of drug-likeness (QED) is 0.505. The van der Waals surface area contributed by atoms with E-state index in [-0.39, 0.29) is 0 Å². The summed E-state index contributed by atoms with van der Waals surface area (Å²) in [5.41, 5.74) is 1.14. The molecule has 9 heavy (non-hydrogen) atoms. The molecule has 0 aliphatic heterocycles. The highest BCUT2D eigenvalue weighted by atomic mass is 14.0. The monoisotopic (exact) mass is 122 g/mol. The van der Waals surface area contributed by atoms with E-state index in [0.717, 1.165) is 5.57 Å². The molecule has 0 radical (unpaired) electrons. The lowest BCUT2D eigenvalue weighted by Gasteiger charge is -2.03. The fraction of sp³-hybridized carbons (Fsp3) is 0.333. The standard InChI is InChI=1S/C9H14/c1-5-7-9(6-2)8(3)4/h5-7,9H,2-3H2,1,4H3. The van der Waals surface area contributed by atoms with Gasteiger partial charge in [-0.3, -0.25) is 0 Å². The summed E-state index contributed by atoms with van der Waals surface area (Å²) in [6.07, 6.45) is 5.98. The maximum absolute atomic E-state index is 3.82. The Balaban J connectivity index is 3.98. The van der Waals surface area contributed by atoms with Crippen molar-refractivity contribution >= 4 is 0 Å². The van der Waals surface area contributed by atoms with Crippen LogP contribution in [0.2, 0.25) is 0 Å². The zero-order chi connectivity index (χ0) is 7.28. The Kier molecular flexibility index (Phi) is 3.78. The first-order valence-corrected chi connectivity index (χ1v) is 3.13. The second kappa shape index (κ2) is 4.13. The minimum absolute atomic E-state index is 0.356. The highest BCUT2D eigenvalue weighted by Crippen LogP contribution is 2.09. The Morgan fingerprint density at radius 1 is 1.56 bits per heavy atom. The molecule has 0 rings (SSSR count). The van der Waals surface area contributed by atoms with Crippen LogP contribution in [-0.2, 0) is 0 Å². The molecule has 50 valence electrons. The van der Waals surface area contributed by atoms with Gasteiger partial charge in [0.2, 0.25) is 0 Å². The van der Waals surface area contributed by atoms with Crippen LogP contribution in [0.5, 0.6) is 0 Å². The largest absolute Gasteiger partial charge is 0.102 e. The Morgan fingerprint density at radius 3 is 2.22 bits per heavy atom. The smallest absolute Gasteiger partial charge is 0.0149 e. The molecule has 0 heteroatoms. The van der Waals surface area contributed by atoms with Crippen LogP contribution in [0.25, 0.3) is 0 Å². The van der Waals surface area contributed by atoms with Crippen molar-refractivity contribution in [2.24, 2.45) is 5.92 Å². The molecular weight excluding hydrogens is 108 g/mol. The molecule has 0 aliphatic rings. The van der Waals surface area contributed by atoms with Crippen LogP contribution < -0.4 is 0 Å². The van der Waals surface area contributed by atoms with E-state index in [0.29, 0.717) is 5.92 Å². The van der Waals surface area contributed by atoms with E-state index in [1.54, 1.807) is 0 Å². The normalized spacial score (nSPS) is 13.6. The first kappa shape index (κ1) is 8.22. The van der Waals surface area contributed by atoms with Gasteiger partial charge in [0, 0.05) is 5.92 Å². The lowest BCUT2D eigenvalue weighted by atomic mass is 10.0. The fourth-order valence-electron chi connectivity index (χ4n) is 0.651. The van der Waals surface area contributed by atoms with Crippen LogP contribution in [0.15, 0.2) is 37.0 Å². The van der Waals surface area contributed by atoms with Gasteiger partial charge >= 0.3 is 0 Å². The average molecular weight is 122 g/mol. The topological polar surface area (TPSA) is 0 Å². The highest BCUT2D eigenvalue weighted by molar-refractivity contribution is 5.13. The molecule has 0 nitrogen and oxygen atoms in total. The van der Waals surface area contributed by atoms with Crippen molar-refractivity contribution in [3.8, 4) is 0 Å². The maximum Gasteiger partial charge on any atom is 0.0149 e. The Bertz CT molecular complexity index is 129. The van der Waals surface area contributed by atoms with Crippen molar-refractivity contribution in [2.75, 3.05) is 0 Å². The van der Waals surface area contributed by atoms with Gasteiger partial charge in [0.25, 0.3) is 0 Å². The van der Waals surface area contributed by atoms with Crippen molar-refractivity contribution in [3.63, 3.8) is 0 Å². The average Bonchev–Trinajstić information content (AvgIpc) is 1.82. The zero-order valence-electron chi connectivity index (χ0n) is 6.22. The summed E-state index contributed by atoms with van der Waals surface area (Å²) in [5.74, 6) is 0.356. The van der Waals surface area contributed by atoms with Crippen LogP contribution >= 0.6 is 0 Å². The van der Waals surface area contributed by atoms with Crippen molar-refractivity contribution < 1.29 is 0 Å². The van der Waals surface area contributed by atoms with Gasteiger partial charge in [-0.05, 0) is 13.8 Å². The second-order valence-electron chi connectivity index (χ2n) is 2.13. The van der Waals surface area contributed by atoms with Crippen molar-refractivity contribution in [1.82, 2.24) is 0 Å². The highest BCUT2D eigenvalue weighted by Gasteiger charge is 1.95. The molecule has 0 aliphatic carbocycles. The van der Waals surface area contributed by atoms with Gasteiger partial charge in [0.1, 0.15) is 0 Å². The van der Waals surface area contributed by atoms with Crippen molar-refractivity contribution in [3.05, 3.63) is 37.0 Å².